The molecule has 0 radical (unpaired) electrons. The van der Waals surface area contributed by atoms with Crippen molar-refractivity contribution in [3.63, 3.8) is 0 Å². The van der Waals surface area contributed by atoms with Gasteiger partial charge in [0.1, 0.15) is 5.75 Å². The lowest BCUT2D eigenvalue weighted by atomic mass is 9.90. The number of nitrogens with two attached hydrogens (primary N) is 1. The highest BCUT2D eigenvalue weighted by atomic mass is 16.5. The summed E-state index contributed by atoms with van der Waals surface area (Å²) >= 11 is 0. The number of aliphatic hydroxyl groups is 1. The van der Waals surface area contributed by atoms with Gasteiger partial charge in [0.2, 0.25) is 0 Å². The van der Waals surface area contributed by atoms with Gasteiger partial charge in [-0.15, -0.1) is 0 Å². The van der Waals surface area contributed by atoms with Crippen molar-refractivity contribution in [3.05, 3.63) is 29.3 Å². The number of hydrogen-bond donors (Lipinski definition) is 2. The zero-order valence-corrected chi connectivity index (χ0v) is 9.58. The molecule has 0 saturated carbocycles. The van der Waals surface area contributed by atoms with E-state index in [2.05, 4.69) is 0 Å². The molecule has 0 aliphatic rings. The Bertz CT molecular complexity index is 334. The van der Waals surface area contributed by atoms with E-state index in [1.54, 1.807) is 0 Å². The Labute approximate surface area is 90.9 Å². The molecule has 15 heavy (non-hydrogen) atoms. The molecule has 3 heteroatoms. The van der Waals surface area contributed by atoms with Crippen LogP contribution in [0, 0.1) is 6.92 Å². The third kappa shape index (κ3) is 2.70. The quantitative estimate of drug-likeness (QED) is 0.791. The Morgan fingerprint density at radius 3 is 2.60 bits per heavy atom. The minimum absolute atomic E-state index is 0.0676. The van der Waals surface area contributed by atoms with E-state index in [-0.39, 0.29) is 6.61 Å². The number of ether oxygens (including phenoxy) is 1. The van der Waals surface area contributed by atoms with Crippen LogP contribution in [0.25, 0.3) is 0 Å². The van der Waals surface area contributed by atoms with E-state index >= 15 is 0 Å². The average molecular weight is 209 g/mol. The number of aryl methyl sites for hydroxylation is 1. The van der Waals surface area contributed by atoms with Crippen molar-refractivity contribution in [1.82, 2.24) is 0 Å². The van der Waals surface area contributed by atoms with Crippen molar-refractivity contribution < 1.29 is 9.84 Å². The van der Waals surface area contributed by atoms with Gasteiger partial charge in [-0.3, -0.25) is 0 Å². The normalized spacial score (nSPS) is 14.7. The molecular formula is C12H19NO2. The Morgan fingerprint density at radius 1 is 1.47 bits per heavy atom. The van der Waals surface area contributed by atoms with Crippen LogP contribution in [0.1, 0.15) is 25.0 Å². The first kappa shape index (κ1) is 12.0. The molecule has 1 atom stereocenters. The first-order valence-electron chi connectivity index (χ1n) is 5.15. The largest absolute Gasteiger partial charge is 0.494 e. The monoisotopic (exact) mass is 209 g/mol. The topological polar surface area (TPSA) is 55.5 Å². The SMILES string of the molecule is CCOc1ccc(C(C)(N)CO)c(C)c1. The van der Waals surface area contributed by atoms with Crippen LogP contribution in [-0.4, -0.2) is 18.3 Å². The Kier molecular flexibility index (Phi) is 3.72. The van der Waals surface area contributed by atoms with Crippen LogP contribution in [0.3, 0.4) is 0 Å². The van der Waals surface area contributed by atoms with Crippen LogP contribution >= 0.6 is 0 Å². The fourth-order valence-corrected chi connectivity index (χ4v) is 1.62. The summed E-state index contributed by atoms with van der Waals surface area (Å²) in [5.74, 6) is 0.840. The molecule has 0 saturated heterocycles. The van der Waals surface area contributed by atoms with Crippen LogP contribution in [-0.2, 0) is 5.54 Å². The lowest BCUT2D eigenvalue weighted by Gasteiger charge is -2.24. The molecule has 84 valence electrons. The van der Waals surface area contributed by atoms with Gasteiger partial charge in [0, 0.05) is 0 Å². The van der Waals surface area contributed by atoms with Gasteiger partial charge < -0.3 is 15.6 Å². The minimum atomic E-state index is -0.686. The molecule has 1 aromatic rings. The highest BCUT2D eigenvalue weighted by Crippen LogP contribution is 2.24. The van der Waals surface area contributed by atoms with E-state index in [0.717, 1.165) is 16.9 Å². The van der Waals surface area contributed by atoms with Gasteiger partial charge in [0.15, 0.2) is 0 Å². The fraction of sp³-hybridized carbons (Fsp3) is 0.500. The first-order chi connectivity index (χ1) is 7.01. The molecule has 3 nitrogen and oxygen atoms in total. The Balaban J connectivity index is 3.03. The van der Waals surface area contributed by atoms with E-state index < -0.39 is 5.54 Å². The molecule has 0 aromatic heterocycles. The number of aliphatic hydroxyl groups excluding tert-OH is 1. The summed E-state index contributed by atoms with van der Waals surface area (Å²) in [4.78, 5) is 0. The van der Waals surface area contributed by atoms with Gasteiger partial charge in [-0.1, -0.05) is 6.07 Å². The van der Waals surface area contributed by atoms with Crippen molar-refractivity contribution in [2.75, 3.05) is 13.2 Å². The van der Waals surface area contributed by atoms with Crippen molar-refractivity contribution in [1.29, 1.82) is 0 Å². The second kappa shape index (κ2) is 4.64. The summed E-state index contributed by atoms with van der Waals surface area (Å²) in [5.41, 5.74) is 7.28. The standard InChI is InChI=1S/C12H19NO2/c1-4-15-10-5-6-11(9(2)7-10)12(3,13)8-14/h5-7,14H,4,8,13H2,1-3H3. The van der Waals surface area contributed by atoms with Gasteiger partial charge in [-0.05, 0) is 44.0 Å². The first-order valence-corrected chi connectivity index (χ1v) is 5.15. The van der Waals surface area contributed by atoms with E-state index in [4.69, 9.17) is 10.5 Å². The molecule has 0 fully saturated rings. The van der Waals surface area contributed by atoms with Crippen LogP contribution in [0.4, 0.5) is 0 Å². The summed E-state index contributed by atoms with van der Waals surface area (Å²) in [6.45, 7) is 6.32. The van der Waals surface area contributed by atoms with E-state index in [0.29, 0.717) is 6.61 Å². The Hall–Kier alpha value is -1.06. The minimum Gasteiger partial charge on any atom is -0.494 e. The summed E-state index contributed by atoms with van der Waals surface area (Å²) in [5, 5.41) is 9.19. The van der Waals surface area contributed by atoms with Crippen molar-refractivity contribution in [2.24, 2.45) is 5.73 Å². The third-order valence-electron chi connectivity index (χ3n) is 2.45. The summed E-state index contributed by atoms with van der Waals surface area (Å²) in [7, 11) is 0. The molecule has 0 amide bonds. The molecule has 1 rings (SSSR count). The van der Waals surface area contributed by atoms with E-state index in [1.165, 1.54) is 0 Å². The molecule has 0 heterocycles. The second-order valence-corrected chi connectivity index (χ2v) is 3.99. The molecule has 1 unspecified atom stereocenters. The van der Waals surface area contributed by atoms with Crippen LogP contribution in [0.5, 0.6) is 5.75 Å². The molecule has 0 aliphatic carbocycles. The molecule has 3 N–H and O–H groups in total. The molecular weight excluding hydrogens is 190 g/mol. The molecule has 0 spiro atoms. The van der Waals surface area contributed by atoms with Crippen molar-refractivity contribution in [3.8, 4) is 5.75 Å². The summed E-state index contributed by atoms with van der Waals surface area (Å²) in [6.07, 6.45) is 0. The number of hydrogen-bond acceptors (Lipinski definition) is 3. The lowest BCUT2D eigenvalue weighted by molar-refractivity contribution is 0.209. The van der Waals surface area contributed by atoms with Gasteiger partial charge in [0.25, 0.3) is 0 Å². The number of benzene rings is 1. The number of rotatable bonds is 4. The summed E-state index contributed by atoms with van der Waals surface area (Å²) < 4.78 is 5.38. The smallest absolute Gasteiger partial charge is 0.119 e. The maximum Gasteiger partial charge on any atom is 0.119 e. The van der Waals surface area contributed by atoms with Crippen molar-refractivity contribution >= 4 is 0 Å². The highest BCUT2D eigenvalue weighted by Gasteiger charge is 2.21. The fourth-order valence-electron chi connectivity index (χ4n) is 1.62. The third-order valence-corrected chi connectivity index (χ3v) is 2.45. The average Bonchev–Trinajstić information content (AvgIpc) is 2.18. The lowest BCUT2D eigenvalue weighted by Crippen LogP contribution is -2.37. The zero-order valence-electron chi connectivity index (χ0n) is 9.58. The molecule has 0 aliphatic heterocycles. The maximum atomic E-state index is 9.19. The summed E-state index contributed by atoms with van der Waals surface area (Å²) in [6, 6.07) is 5.74. The predicted molar refractivity (Wildman–Crippen MR) is 61.0 cm³/mol. The second-order valence-electron chi connectivity index (χ2n) is 3.99. The predicted octanol–water partition coefficient (Wildman–Crippen LogP) is 1.56. The van der Waals surface area contributed by atoms with Gasteiger partial charge >= 0.3 is 0 Å². The van der Waals surface area contributed by atoms with Gasteiger partial charge in [-0.2, -0.15) is 0 Å². The van der Waals surface area contributed by atoms with E-state index in [1.807, 2.05) is 39.0 Å². The van der Waals surface area contributed by atoms with Crippen LogP contribution < -0.4 is 10.5 Å². The Morgan fingerprint density at radius 2 is 2.13 bits per heavy atom. The van der Waals surface area contributed by atoms with E-state index in [9.17, 15) is 5.11 Å². The van der Waals surface area contributed by atoms with Crippen LogP contribution in [0.2, 0.25) is 0 Å². The van der Waals surface area contributed by atoms with Crippen LogP contribution in [0.15, 0.2) is 18.2 Å². The molecule has 0 bridgehead atoms. The highest BCUT2D eigenvalue weighted by molar-refractivity contribution is 5.38. The van der Waals surface area contributed by atoms with Gasteiger partial charge in [-0.25, -0.2) is 0 Å². The van der Waals surface area contributed by atoms with Gasteiger partial charge in [0.05, 0.1) is 18.8 Å². The molecule has 1 aromatic carbocycles. The maximum absolute atomic E-state index is 9.19. The van der Waals surface area contributed by atoms with Crippen molar-refractivity contribution in [2.45, 2.75) is 26.3 Å². The zero-order chi connectivity index (χ0) is 11.5.